The zero-order valence-electron chi connectivity index (χ0n) is 10.6. The molecule has 2 heterocycles. The largest absolute Gasteiger partial charge is 0.406 e. The van der Waals surface area contributed by atoms with Crippen LogP contribution in [0, 0.1) is 0 Å². The third kappa shape index (κ3) is 3.77. The highest BCUT2D eigenvalue weighted by Gasteiger charge is 2.12. The summed E-state index contributed by atoms with van der Waals surface area (Å²) in [6, 6.07) is 0.307. The van der Waals surface area contributed by atoms with Gasteiger partial charge in [-0.2, -0.15) is 0 Å². The SMILES string of the molecule is CC(C)(C)NCc1nnc(Nc2cnccn2)o1. The van der Waals surface area contributed by atoms with Crippen molar-refractivity contribution in [1.82, 2.24) is 25.5 Å². The van der Waals surface area contributed by atoms with Gasteiger partial charge in [-0.1, -0.05) is 5.10 Å². The number of nitrogens with one attached hydrogen (secondary N) is 2. The van der Waals surface area contributed by atoms with Crippen LogP contribution in [-0.2, 0) is 6.54 Å². The first-order valence-electron chi connectivity index (χ1n) is 5.63. The van der Waals surface area contributed by atoms with Gasteiger partial charge < -0.3 is 9.73 Å². The van der Waals surface area contributed by atoms with Gasteiger partial charge in [0.15, 0.2) is 5.82 Å². The molecule has 7 heteroatoms. The molecule has 0 atom stereocenters. The van der Waals surface area contributed by atoms with Gasteiger partial charge in [0, 0.05) is 17.9 Å². The monoisotopic (exact) mass is 248 g/mol. The van der Waals surface area contributed by atoms with Crippen LogP contribution in [0.15, 0.2) is 23.0 Å². The van der Waals surface area contributed by atoms with Crippen LogP contribution in [0.3, 0.4) is 0 Å². The molecule has 0 aromatic carbocycles. The third-order valence-corrected chi connectivity index (χ3v) is 2.03. The number of anilines is 2. The topological polar surface area (TPSA) is 88.8 Å². The fourth-order valence-electron chi connectivity index (χ4n) is 1.19. The Morgan fingerprint density at radius 1 is 1.22 bits per heavy atom. The second-order valence-corrected chi connectivity index (χ2v) is 4.82. The van der Waals surface area contributed by atoms with Crippen molar-refractivity contribution in [3.8, 4) is 0 Å². The molecule has 2 N–H and O–H groups in total. The second kappa shape index (κ2) is 5.09. The summed E-state index contributed by atoms with van der Waals surface area (Å²) in [5, 5.41) is 13.9. The molecule has 0 radical (unpaired) electrons. The van der Waals surface area contributed by atoms with Crippen LogP contribution in [0.5, 0.6) is 0 Å². The van der Waals surface area contributed by atoms with E-state index < -0.39 is 0 Å². The summed E-state index contributed by atoms with van der Waals surface area (Å²) < 4.78 is 5.42. The van der Waals surface area contributed by atoms with Crippen LogP contribution < -0.4 is 10.6 Å². The molecule has 2 rings (SSSR count). The number of rotatable bonds is 4. The van der Waals surface area contributed by atoms with Crippen LogP contribution in [0.2, 0.25) is 0 Å². The Kier molecular flexibility index (Phi) is 3.52. The highest BCUT2D eigenvalue weighted by atomic mass is 16.4. The minimum Gasteiger partial charge on any atom is -0.406 e. The molecule has 0 saturated carbocycles. The van der Waals surface area contributed by atoms with Crippen molar-refractivity contribution in [2.24, 2.45) is 0 Å². The summed E-state index contributed by atoms with van der Waals surface area (Å²) in [6.07, 6.45) is 4.76. The van der Waals surface area contributed by atoms with Gasteiger partial charge in [-0.05, 0) is 20.8 Å². The molecule has 0 amide bonds. The summed E-state index contributed by atoms with van der Waals surface area (Å²) in [7, 11) is 0. The van der Waals surface area contributed by atoms with Gasteiger partial charge >= 0.3 is 6.01 Å². The van der Waals surface area contributed by atoms with Crippen LogP contribution >= 0.6 is 0 Å². The van der Waals surface area contributed by atoms with Crippen LogP contribution in [-0.4, -0.2) is 25.7 Å². The predicted octanol–water partition coefficient (Wildman–Crippen LogP) is 1.49. The molecule has 18 heavy (non-hydrogen) atoms. The number of hydrogen-bond donors (Lipinski definition) is 2. The Balaban J connectivity index is 1.94. The zero-order valence-corrected chi connectivity index (χ0v) is 10.6. The summed E-state index contributed by atoms with van der Waals surface area (Å²) in [5.74, 6) is 1.09. The van der Waals surface area contributed by atoms with E-state index in [0.717, 1.165) is 0 Å². The second-order valence-electron chi connectivity index (χ2n) is 4.82. The van der Waals surface area contributed by atoms with E-state index in [2.05, 4.69) is 51.6 Å². The molecule has 0 unspecified atom stereocenters. The molecule has 0 aliphatic heterocycles. The van der Waals surface area contributed by atoms with Gasteiger partial charge in [0.2, 0.25) is 5.89 Å². The Morgan fingerprint density at radius 2 is 2.06 bits per heavy atom. The smallest absolute Gasteiger partial charge is 0.321 e. The predicted molar refractivity (Wildman–Crippen MR) is 66.2 cm³/mol. The van der Waals surface area contributed by atoms with E-state index in [1.54, 1.807) is 18.6 Å². The van der Waals surface area contributed by atoms with Crippen LogP contribution in [0.4, 0.5) is 11.8 Å². The lowest BCUT2D eigenvalue weighted by molar-refractivity contribution is 0.384. The highest BCUT2D eigenvalue weighted by molar-refractivity contribution is 5.42. The Labute approximate surface area is 105 Å². The van der Waals surface area contributed by atoms with Gasteiger partial charge in [0.25, 0.3) is 0 Å². The van der Waals surface area contributed by atoms with E-state index in [1.165, 1.54) is 0 Å². The van der Waals surface area contributed by atoms with Gasteiger partial charge in [-0.15, -0.1) is 5.10 Å². The minimum atomic E-state index is 0.00691. The molecule has 0 aliphatic carbocycles. The van der Waals surface area contributed by atoms with Gasteiger partial charge in [-0.25, -0.2) is 4.98 Å². The minimum absolute atomic E-state index is 0.00691. The van der Waals surface area contributed by atoms with E-state index in [0.29, 0.717) is 24.3 Å². The van der Waals surface area contributed by atoms with Crippen LogP contribution in [0.25, 0.3) is 0 Å². The zero-order chi connectivity index (χ0) is 13.0. The molecule has 2 aromatic heterocycles. The molecule has 0 fully saturated rings. The standard InChI is InChI=1S/C11H16N6O/c1-11(2,3)14-7-9-16-17-10(18-9)15-8-6-12-4-5-13-8/h4-6,14H,7H2,1-3H3,(H,13,15,17). The van der Waals surface area contributed by atoms with Crippen LogP contribution in [0.1, 0.15) is 26.7 Å². The van der Waals surface area contributed by atoms with Crippen molar-refractivity contribution in [1.29, 1.82) is 0 Å². The normalized spacial score (nSPS) is 11.5. The maximum absolute atomic E-state index is 5.42. The third-order valence-electron chi connectivity index (χ3n) is 2.03. The maximum Gasteiger partial charge on any atom is 0.321 e. The number of hydrogen-bond acceptors (Lipinski definition) is 7. The first-order chi connectivity index (χ1) is 8.53. The molecule has 7 nitrogen and oxygen atoms in total. The summed E-state index contributed by atoms with van der Waals surface area (Å²) in [5.41, 5.74) is 0.00691. The Hall–Kier alpha value is -2.02. The molecule has 2 aromatic rings. The molecule has 0 aliphatic rings. The molecule has 0 saturated heterocycles. The molecule has 0 spiro atoms. The Bertz CT molecular complexity index is 490. The van der Waals surface area contributed by atoms with E-state index >= 15 is 0 Å². The first-order valence-corrected chi connectivity index (χ1v) is 5.63. The van der Waals surface area contributed by atoms with Gasteiger partial charge in [0.05, 0.1) is 12.7 Å². The number of aromatic nitrogens is 4. The first kappa shape index (κ1) is 12.4. The highest BCUT2D eigenvalue weighted by Crippen LogP contribution is 2.11. The average Bonchev–Trinajstić information content (AvgIpc) is 2.75. The lowest BCUT2D eigenvalue weighted by atomic mass is 10.1. The van der Waals surface area contributed by atoms with E-state index in [4.69, 9.17) is 4.42 Å². The van der Waals surface area contributed by atoms with Crippen molar-refractivity contribution in [3.05, 3.63) is 24.5 Å². The van der Waals surface area contributed by atoms with E-state index in [9.17, 15) is 0 Å². The summed E-state index contributed by atoms with van der Waals surface area (Å²) >= 11 is 0. The summed E-state index contributed by atoms with van der Waals surface area (Å²) in [6.45, 7) is 6.74. The molecular formula is C11H16N6O. The molecule has 96 valence electrons. The lowest BCUT2D eigenvalue weighted by Crippen LogP contribution is -2.35. The van der Waals surface area contributed by atoms with Crippen molar-refractivity contribution in [2.45, 2.75) is 32.9 Å². The molecular weight excluding hydrogens is 232 g/mol. The van der Waals surface area contributed by atoms with Crippen molar-refractivity contribution in [3.63, 3.8) is 0 Å². The maximum atomic E-state index is 5.42. The van der Waals surface area contributed by atoms with E-state index in [1.807, 2.05) is 0 Å². The van der Waals surface area contributed by atoms with E-state index in [-0.39, 0.29) is 5.54 Å². The van der Waals surface area contributed by atoms with Crippen molar-refractivity contribution >= 4 is 11.8 Å². The Morgan fingerprint density at radius 3 is 2.72 bits per heavy atom. The fraction of sp³-hybridized carbons (Fsp3) is 0.455. The summed E-state index contributed by atoms with van der Waals surface area (Å²) in [4.78, 5) is 7.98. The fourth-order valence-corrected chi connectivity index (χ4v) is 1.19. The van der Waals surface area contributed by atoms with Gasteiger partial charge in [0.1, 0.15) is 0 Å². The molecule has 0 bridgehead atoms. The lowest BCUT2D eigenvalue weighted by Gasteiger charge is -2.18. The van der Waals surface area contributed by atoms with Crippen molar-refractivity contribution < 1.29 is 4.42 Å². The van der Waals surface area contributed by atoms with Crippen molar-refractivity contribution in [2.75, 3.05) is 5.32 Å². The number of nitrogens with zero attached hydrogens (tertiary/aromatic N) is 4. The average molecular weight is 248 g/mol. The van der Waals surface area contributed by atoms with Gasteiger partial charge in [-0.3, -0.25) is 10.3 Å². The quantitative estimate of drug-likeness (QED) is 0.847.